The van der Waals surface area contributed by atoms with Crippen molar-refractivity contribution in [2.24, 2.45) is 5.92 Å². The van der Waals surface area contributed by atoms with Crippen molar-refractivity contribution in [1.82, 2.24) is 5.32 Å². The predicted molar refractivity (Wildman–Crippen MR) is 122 cm³/mol. The fourth-order valence-corrected chi connectivity index (χ4v) is 4.34. The molecule has 3 aromatic rings. The van der Waals surface area contributed by atoms with Crippen molar-refractivity contribution in [3.05, 3.63) is 114 Å². The molecule has 0 aliphatic carbocycles. The minimum Gasteiger partial charge on any atom is -0.468 e. The van der Waals surface area contributed by atoms with Crippen molar-refractivity contribution < 1.29 is 14.3 Å². The van der Waals surface area contributed by atoms with Crippen LogP contribution in [-0.2, 0) is 9.53 Å². The summed E-state index contributed by atoms with van der Waals surface area (Å²) in [5, 5.41) is 3.38. The van der Waals surface area contributed by atoms with Gasteiger partial charge < -0.3 is 4.74 Å². The largest absolute Gasteiger partial charge is 0.468 e. The molecular formula is C27H25NO3. The molecule has 0 bridgehead atoms. The van der Waals surface area contributed by atoms with Crippen LogP contribution in [0.15, 0.2) is 97.1 Å². The summed E-state index contributed by atoms with van der Waals surface area (Å²) in [7, 11) is 1.38. The Morgan fingerprint density at radius 1 is 0.839 bits per heavy atom. The second-order valence-corrected chi connectivity index (χ2v) is 7.66. The van der Waals surface area contributed by atoms with Crippen LogP contribution in [0.2, 0.25) is 0 Å². The lowest BCUT2D eigenvalue weighted by Gasteiger charge is -2.23. The van der Waals surface area contributed by atoms with Crippen molar-refractivity contribution >= 4 is 17.8 Å². The van der Waals surface area contributed by atoms with E-state index in [9.17, 15) is 9.59 Å². The van der Waals surface area contributed by atoms with Gasteiger partial charge in [-0.3, -0.25) is 14.9 Å². The number of ketones is 1. The van der Waals surface area contributed by atoms with Gasteiger partial charge in [0.1, 0.15) is 6.04 Å². The summed E-state index contributed by atoms with van der Waals surface area (Å²) < 4.78 is 5.09. The highest BCUT2D eigenvalue weighted by Crippen LogP contribution is 2.39. The molecule has 4 rings (SSSR count). The Hall–Kier alpha value is -3.50. The van der Waals surface area contributed by atoms with Gasteiger partial charge in [0, 0.05) is 17.5 Å². The van der Waals surface area contributed by atoms with Crippen LogP contribution in [0.25, 0.3) is 6.08 Å². The van der Waals surface area contributed by atoms with Crippen LogP contribution in [0, 0.1) is 5.92 Å². The number of carbonyl (C=O) groups is 2. The number of carbonyl (C=O) groups excluding carboxylic acids is 2. The number of methoxy groups -OCH3 is 1. The third-order valence-corrected chi connectivity index (χ3v) is 5.80. The Morgan fingerprint density at radius 2 is 1.42 bits per heavy atom. The zero-order chi connectivity index (χ0) is 21.6. The van der Waals surface area contributed by atoms with E-state index in [0.717, 1.165) is 11.1 Å². The van der Waals surface area contributed by atoms with Crippen LogP contribution < -0.4 is 5.32 Å². The maximum atomic E-state index is 13.7. The molecule has 1 saturated heterocycles. The highest BCUT2D eigenvalue weighted by Gasteiger charge is 2.49. The Bertz CT molecular complexity index is 1050. The Kier molecular flexibility index (Phi) is 6.39. The molecule has 4 heteroatoms. The van der Waals surface area contributed by atoms with E-state index < -0.39 is 12.0 Å². The lowest BCUT2D eigenvalue weighted by atomic mass is 9.77. The number of nitrogens with one attached hydrogen (secondary N) is 1. The lowest BCUT2D eigenvalue weighted by molar-refractivity contribution is -0.143. The molecule has 156 valence electrons. The fourth-order valence-electron chi connectivity index (χ4n) is 4.34. The number of Topliss-reactive ketones (excluding diaryl/α,β-unsaturated/α-hetero) is 1. The lowest BCUT2D eigenvalue weighted by Crippen LogP contribution is -2.38. The summed E-state index contributed by atoms with van der Waals surface area (Å²) in [6, 6.07) is 28.0. The normalized spacial score (nSPS) is 23.0. The smallest absolute Gasteiger partial charge is 0.323 e. The summed E-state index contributed by atoms with van der Waals surface area (Å²) in [6.45, 7) is 0. The summed E-state index contributed by atoms with van der Waals surface area (Å²) in [6.07, 6.45) is 3.98. The second-order valence-electron chi connectivity index (χ2n) is 7.66. The maximum Gasteiger partial charge on any atom is 0.323 e. The van der Waals surface area contributed by atoms with Crippen molar-refractivity contribution in [2.75, 3.05) is 7.11 Å². The molecule has 0 aromatic heterocycles. The molecule has 0 spiro atoms. The van der Waals surface area contributed by atoms with Crippen LogP contribution in [-0.4, -0.2) is 30.9 Å². The number of esters is 1. The van der Waals surface area contributed by atoms with E-state index in [-0.39, 0.29) is 23.7 Å². The molecule has 0 saturated carbocycles. The first-order valence-electron chi connectivity index (χ1n) is 10.4. The zero-order valence-corrected chi connectivity index (χ0v) is 17.3. The maximum absolute atomic E-state index is 13.7. The van der Waals surface area contributed by atoms with Gasteiger partial charge in [-0.05, 0) is 11.1 Å². The highest BCUT2D eigenvalue weighted by atomic mass is 16.5. The van der Waals surface area contributed by atoms with E-state index in [4.69, 9.17) is 4.74 Å². The molecule has 31 heavy (non-hydrogen) atoms. The van der Waals surface area contributed by atoms with Gasteiger partial charge in [0.15, 0.2) is 5.78 Å². The van der Waals surface area contributed by atoms with Gasteiger partial charge in [-0.25, -0.2) is 0 Å². The second kappa shape index (κ2) is 9.54. The quantitative estimate of drug-likeness (QED) is 0.479. The predicted octanol–water partition coefficient (Wildman–Crippen LogP) is 4.50. The zero-order valence-electron chi connectivity index (χ0n) is 17.3. The Balaban J connectivity index is 1.77. The van der Waals surface area contributed by atoms with E-state index in [0.29, 0.717) is 5.56 Å². The molecule has 1 N–H and O–H groups in total. The van der Waals surface area contributed by atoms with Crippen LogP contribution in [0.4, 0.5) is 0 Å². The van der Waals surface area contributed by atoms with Crippen LogP contribution >= 0.6 is 0 Å². The third kappa shape index (κ3) is 4.49. The van der Waals surface area contributed by atoms with Crippen LogP contribution in [0.5, 0.6) is 0 Å². The van der Waals surface area contributed by atoms with Gasteiger partial charge in [-0.15, -0.1) is 0 Å². The first kappa shape index (κ1) is 20.8. The van der Waals surface area contributed by atoms with Crippen molar-refractivity contribution in [3.63, 3.8) is 0 Å². The van der Waals surface area contributed by atoms with E-state index in [2.05, 4.69) is 5.32 Å². The average Bonchev–Trinajstić information content (AvgIpc) is 3.23. The van der Waals surface area contributed by atoms with Crippen LogP contribution in [0.1, 0.15) is 27.4 Å². The minimum absolute atomic E-state index is 0.0102. The summed E-state index contributed by atoms with van der Waals surface area (Å²) in [5.74, 6) is -1.15. The van der Waals surface area contributed by atoms with Gasteiger partial charge in [0.2, 0.25) is 0 Å². The van der Waals surface area contributed by atoms with Crippen molar-refractivity contribution in [2.45, 2.75) is 18.0 Å². The Labute approximate surface area is 182 Å². The SMILES string of the molecule is COC(=O)[C@H]1N[C@@H](/C=C/c2ccccc2)[C@H](C(=O)c2ccccc2)[C@H]1c1ccccc1. The van der Waals surface area contributed by atoms with Crippen molar-refractivity contribution in [1.29, 1.82) is 0 Å². The summed E-state index contributed by atoms with van der Waals surface area (Å²) in [5.41, 5.74) is 2.61. The van der Waals surface area contributed by atoms with Gasteiger partial charge in [-0.1, -0.05) is 103 Å². The highest BCUT2D eigenvalue weighted by molar-refractivity contribution is 6.00. The fraction of sp³-hybridized carbons (Fsp3) is 0.185. The minimum atomic E-state index is -0.615. The molecule has 0 radical (unpaired) electrons. The number of benzene rings is 3. The van der Waals surface area contributed by atoms with E-state index in [1.165, 1.54) is 7.11 Å². The molecule has 0 amide bonds. The first-order chi connectivity index (χ1) is 15.2. The first-order valence-corrected chi connectivity index (χ1v) is 10.4. The van der Waals surface area contributed by atoms with Crippen molar-refractivity contribution in [3.8, 4) is 0 Å². The van der Waals surface area contributed by atoms with Gasteiger partial charge in [0.25, 0.3) is 0 Å². The summed E-state index contributed by atoms with van der Waals surface area (Å²) in [4.78, 5) is 26.4. The van der Waals surface area contributed by atoms with Gasteiger partial charge in [-0.2, -0.15) is 0 Å². The standard InChI is InChI=1S/C27H25NO3/c1-31-27(30)25-23(20-13-7-3-8-14-20)24(26(29)21-15-9-4-10-16-21)22(28-25)18-17-19-11-5-2-6-12-19/h2-18,22-25,28H,1H3/b18-17+/t22-,23+,24-,25-/m0/s1. The average molecular weight is 412 g/mol. The molecule has 4 nitrogen and oxygen atoms in total. The van der Waals surface area contributed by atoms with Crippen LogP contribution in [0.3, 0.4) is 0 Å². The molecular weight excluding hydrogens is 386 g/mol. The Morgan fingerprint density at radius 3 is 2.03 bits per heavy atom. The number of hydrogen-bond donors (Lipinski definition) is 1. The van der Waals surface area contributed by atoms with E-state index in [1.54, 1.807) is 0 Å². The molecule has 1 heterocycles. The molecule has 0 unspecified atom stereocenters. The van der Waals surface area contributed by atoms with E-state index in [1.807, 2.05) is 103 Å². The summed E-state index contributed by atoms with van der Waals surface area (Å²) >= 11 is 0. The molecule has 1 aliphatic heterocycles. The number of ether oxygens (including phenoxy) is 1. The molecule has 1 aliphatic rings. The molecule has 4 atom stereocenters. The number of rotatable bonds is 6. The molecule has 3 aromatic carbocycles. The third-order valence-electron chi connectivity index (χ3n) is 5.80. The topological polar surface area (TPSA) is 55.4 Å². The van der Waals surface area contributed by atoms with Gasteiger partial charge >= 0.3 is 5.97 Å². The monoisotopic (exact) mass is 411 g/mol. The number of hydrogen-bond acceptors (Lipinski definition) is 4. The van der Waals surface area contributed by atoms with E-state index >= 15 is 0 Å². The molecule has 1 fully saturated rings. The van der Waals surface area contributed by atoms with Gasteiger partial charge in [0.05, 0.1) is 13.0 Å².